The van der Waals surface area contributed by atoms with Gasteiger partial charge in [-0.2, -0.15) is 0 Å². The van der Waals surface area contributed by atoms with Gasteiger partial charge in [0.15, 0.2) is 0 Å². The lowest BCUT2D eigenvalue weighted by molar-refractivity contribution is -0.148. The van der Waals surface area contributed by atoms with Crippen LogP contribution in [0.5, 0.6) is 0 Å². The molecule has 154 valence electrons. The summed E-state index contributed by atoms with van der Waals surface area (Å²) in [5.74, 6) is -0.434. The second-order valence-electron chi connectivity index (χ2n) is 8.44. The summed E-state index contributed by atoms with van der Waals surface area (Å²) in [5, 5.41) is 12.3. The average Bonchev–Trinajstić information content (AvgIpc) is 2.66. The van der Waals surface area contributed by atoms with Crippen molar-refractivity contribution in [2.45, 2.75) is 96.6 Å². The van der Waals surface area contributed by atoms with Gasteiger partial charge >= 0.3 is 5.97 Å². The van der Waals surface area contributed by atoms with E-state index >= 15 is 0 Å². The normalized spacial score (nSPS) is 24.8. The van der Waals surface area contributed by atoms with Crippen LogP contribution >= 0.6 is 0 Å². The predicted octanol–water partition coefficient (Wildman–Crippen LogP) is 3.34. The van der Waals surface area contributed by atoms with E-state index in [1.807, 2.05) is 13.8 Å². The van der Waals surface area contributed by atoms with Crippen LogP contribution in [0.3, 0.4) is 0 Å². The lowest BCUT2D eigenvalue weighted by Crippen LogP contribution is -2.47. The fourth-order valence-corrected chi connectivity index (χ4v) is 4.48. The molecule has 2 aliphatic carbocycles. The number of nitrogens with one attached hydrogen (secondary N) is 1. The van der Waals surface area contributed by atoms with E-state index in [2.05, 4.69) is 5.32 Å². The van der Waals surface area contributed by atoms with E-state index in [0.717, 1.165) is 32.1 Å². The van der Waals surface area contributed by atoms with Gasteiger partial charge in [-0.3, -0.25) is 14.4 Å². The highest BCUT2D eigenvalue weighted by Crippen LogP contribution is 2.29. The third kappa shape index (κ3) is 6.82. The molecule has 0 spiro atoms. The Balaban J connectivity index is 1.78. The van der Waals surface area contributed by atoms with Crippen molar-refractivity contribution in [3.05, 3.63) is 0 Å². The number of aliphatic carboxylic acids is 1. The molecule has 0 aromatic rings. The van der Waals surface area contributed by atoms with E-state index in [-0.39, 0.29) is 36.4 Å². The Morgan fingerprint density at radius 1 is 1.04 bits per heavy atom. The van der Waals surface area contributed by atoms with Gasteiger partial charge in [0, 0.05) is 24.4 Å². The van der Waals surface area contributed by atoms with Crippen LogP contribution in [0.15, 0.2) is 0 Å². The lowest BCUT2D eigenvalue weighted by atomic mass is 9.84. The van der Waals surface area contributed by atoms with E-state index in [4.69, 9.17) is 5.11 Å². The van der Waals surface area contributed by atoms with Crippen LogP contribution in [0.4, 0.5) is 0 Å². The minimum atomic E-state index is -0.965. The third-order valence-electron chi connectivity index (χ3n) is 6.35. The zero-order chi connectivity index (χ0) is 19.8. The number of carbonyl (C=O) groups excluding carboxylic acids is 2. The third-order valence-corrected chi connectivity index (χ3v) is 6.35. The Hall–Kier alpha value is -1.59. The molecule has 27 heavy (non-hydrogen) atoms. The molecule has 2 fully saturated rings. The molecule has 2 rings (SSSR count). The van der Waals surface area contributed by atoms with Gasteiger partial charge in [-0.05, 0) is 57.8 Å². The van der Waals surface area contributed by atoms with Gasteiger partial charge < -0.3 is 15.3 Å². The van der Waals surface area contributed by atoms with Crippen molar-refractivity contribution in [2.75, 3.05) is 6.54 Å². The molecule has 0 heterocycles. The zero-order valence-corrected chi connectivity index (χ0v) is 16.9. The van der Waals surface area contributed by atoms with Gasteiger partial charge in [0.05, 0.1) is 0 Å². The number of carboxylic acid groups (broad SMARTS) is 1. The average molecular weight is 381 g/mol. The maximum absolute atomic E-state index is 12.8. The number of hydrogen-bond donors (Lipinski definition) is 2. The minimum absolute atomic E-state index is 0.0428. The molecule has 2 amide bonds. The van der Waals surface area contributed by atoms with E-state index in [9.17, 15) is 14.4 Å². The maximum Gasteiger partial charge on any atom is 0.323 e. The number of rotatable bonds is 8. The fourth-order valence-electron chi connectivity index (χ4n) is 4.48. The molecular weight excluding hydrogens is 344 g/mol. The van der Waals surface area contributed by atoms with Gasteiger partial charge in [0.1, 0.15) is 6.54 Å². The van der Waals surface area contributed by atoms with Gasteiger partial charge in [0.25, 0.3) is 0 Å². The highest BCUT2D eigenvalue weighted by atomic mass is 16.4. The monoisotopic (exact) mass is 380 g/mol. The van der Waals surface area contributed by atoms with E-state index in [1.54, 1.807) is 0 Å². The van der Waals surface area contributed by atoms with Crippen LogP contribution in [0.1, 0.15) is 84.5 Å². The molecule has 0 aromatic heterocycles. The summed E-state index contributed by atoms with van der Waals surface area (Å²) < 4.78 is 0. The predicted molar refractivity (Wildman–Crippen MR) is 104 cm³/mol. The van der Waals surface area contributed by atoms with Crippen molar-refractivity contribution < 1.29 is 19.5 Å². The van der Waals surface area contributed by atoms with Crippen LogP contribution in [-0.4, -0.2) is 46.4 Å². The van der Waals surface area contributed by atoms with Gasteiger partial charge in [0.2, 0.25) is 11.8 Å². The Morgan fingerprint density at radius 2 is 1.67 bits per heavy atom. The second-order valence-corrected chi connectivity index (χ2v) is 8.44. The number of carbonyl (C=O) groups is 3. The first-order valence-corrected chi connectivity index (χ1v) is 10.7. The fraction of sp³-hybridized carbons (Fsp3) is 0.857. The van der Waals surface area contributed by atoms with Crippen LogP contribution in [-0.2, 0) is 14.4 Å². The van der Waals surface area contributed by atoms with Gasteiger partial charge in [-0.25, -0.2) is 0 Å². The molecule has 0 radical (unpaired) electrons. The van der Waals surface area contributed by atoms with Crippen molar-refractivity contribution in [3.8, 4) is 0 Å². The van der Waals surface area contributed by atoms with Crippen molar-refractivity contribution in [1.29, 1.82) is 0 Å². The molecule has 6 heteroatoms. The summed E-state index contributed by atoms with van der Waals surface area (Å²) >= 11 is 0. The molecule has 0 bridgehead atoms. The molecule has 2 N–H and O–H groups in total. The first-order valence-electron chi connectivity index (χ1n) is 10.7. The summed E-state index contributed by atoms with van der Waals surface area (Å²) in [6, 6.07) is 0.0863. The topological polar surface area (TPSA) is 86.7 Å². The lowest BCUT2D eigenvalue weighted by Gasteiger charge is -2.34. The summed E-state index contributed by atoms with van der Waals surface area (Å²) in [7, 11) is 0. The molecule has 2 saturated carbocycles. The molecule has 0 aliphatic heterocycles. The Bertz CT molecular complexity index is 508. The Labute approximate surface area is 163 Å². The second kappa shape index (κ2) is 10.7. The Kier molecular flexibility index (Phi) is 8.58. The molecule has 1 atom stereocenters. The number of hydrogen-bond acceptors (Lipinski definition) is 3. The standard InChI is InChI=1S/C21H36N2O4/c1-3-15(2)23(14-20(25)26)21(27)17-9-11-18(12-10-17)22-19(24)13-16-7-5-4-6-8-16/h15-18H,3-14H2,1-2H3,(H,22,24)(H,25,26). The molecule has 0 saturated heterocycles. The van der Waals surface area contributed by atoms with Crippen LogP contribution in [0.25, 0.3) is 0 Å². The molecule has 2 aliphatic rings. The van der Waals surface area contributed by atoms with Crippen molar-refractivity contribution >= 4 is 17.8 Å². The Morgan fingerprint density at radius 3 is 2.22 bits per heavy atom. The first kappa shape index (κ1) is 21.7. The molecule has 0 aromatic carbocycles. The van der Waals surface area contributed by atoms with Gasteiger partial charge in [-0.15, -0.1) is 0 Å². The molecular formula is C21H36N2O4. The maximum atomic E-state index is 12.8. The van der Waals surface area contributed by atoms with Crippen LogP contribution in [0.2, 0.25) is 0 Å². The van der Waals surface area contributed by atoms with E-state index in [1.165, 1.54) is 37.0 Å². The van der Waals surface area contributed by atoms with E-state index < -0.39 is 5.97 Å². The summed E-state index contributed by atoms with van der Waals surface area (Å²) in [5.41, 5.74) is 0. The largest absolute Gasteiger partial charge is 0.480 e. The van der Waals surface area contributed by atoms with Crippen LogP contribution < -0.4 is 5.32 Å². The quantitative estimate of drug-likeness (QED) is 0.676. The minimum Gasteiger partial charge on any atom is -0.480 e. The number of carboxylic acids is 1. The SMILES string of the molecule is CCC(C)N(CC(=O)O)C(=O)C1CCC(NC(=O)CC2CCCCC2)CC1. The first-order chi connectivity index (χ1) is 12.9. The smallest absolute Gasteiger partial charge is 0.323 e. The molecule has 1 unspecified atom stereocenters. The number of nitrogens with zero attached hydrogens (tertiary/aromatic N) is 1. The highest BCUT2D eigenvalue weighted by molar-refractivity contribution is 5.83. The molecule has 6 nitrogen and oxygen atoms in total. The van der Waals surface area contributed by atoms with Crippen molar-refractivity contribution in [3.63, 3.8) is 0 Å². The van der Waals surface area contributed by atoms with Crippen molar-refractivity contribution in [1.82, 2.24) is 10.2 Å². The van der Waals surface area contributed by atoms with E-state index in [0.29, 0.717) is 12.3 Å². The summed E-state index contributed by atoms with van der Waals surface area (Å²) in [6.45, 7) is 3.63. The summed E-state index contributed by atoms with van der Waals surface area (Å²) in [6.07, 6.45) is 10.5. The summed E-state index contributed by atoms with van der Waals surface area (Å²) in [4.78, 5) is 37.7. The zero-order valence-electron chi connectivity index (χ0n) is 16.9. The highest BCUT2D eigenvalue weighted by Gasteiger charge is 2.32. The number of amides is 2. The van der Waals surface area contributed by atoms with Crippen molar-refractivity contribution in [2.24, 2.45) is 11.8 Å². The van der Waals surface area contributed by atoms with Gasteiger partial charge in [-0.1, -0.05) is 26.2 Å². The van der Waals surface area contributed by atoms with Crippen LogP contribution in [0, 0.1) is 11.8 Å².